The van der Waals surface area contributed by atoms with Crippen LogP contribution in [0.4, 0.5) is 0 Å². The molecule has 0 aromatic heterocycles. The van der Waals surface area contributed by atoms with Gasteiger partial charge in [-0.15, -0.1) is 0 Å². The smallest absolute Gasteiger partial charge is 0.157 e. The Morgan fingerprint density at radius 1 is 0.958 bits per heavy atom. The standard InChI is InChI=1S/C20H38O4/c1-4-21-19(3)24-18(2)14-12-10-8-6-5-7-9-11-13-15-20-22-16-17-23-20/h10,12,18-20H,4-9,11,13-17H2,1-3H3/b12-10-/t18-,19?/m1/s1. The number of rotatable bonds is 15. The zero-order valence-electron chi connectivity index (χ0n) is 16.0. The maximum atomic E-state index is 5.72. The van der Waals surface area contributed by atoms with Crippen molar-refractivity contribution < 1.29 is 18.9 Å². The van der Waals surface area contributed by atoms with Crippen molar-refractivity contribution in [2.45, 2.75) is 97.2 Å². The molecule has 0 N–H and O–H groups in total. The van der Waals surface area contributed by atoms with E-state index in [1.54, 1.807) is 0 Å². The Morgan fingerprint density at radius 3 is 2.33 bits per heavy atom. The molecule has 1 saturated heterocycles. The van der Waals surface area contributed by atoms with E-state index in [1.807, 2.05) is 13.8 Å². The Hall–Kier alpha value is -0.420. The molecule has 24 heavy (non-hydrogen) atoms. The van der Waals surface area contributed by atoms with Gasteiger partial charge in [-0.3, -0.25) is 0 Å². The van der Waals surface area contributed by atoms with E-state index in [-0.39, 0.29) is 18.7 Å². The minimum Gasteiger partial charge on any atom is -0.353 e. The molecule has 4 heteroatoms. The molecule has 0 aromatic rings. The van der Waals surface area contributed by atoms with Crippen molar-refractivity contribution in [2.75, 3.05) is 19.8 Å². The number of hydrogen-bond acceptors (Lipinski definition) is 4. The lowest BCUT2D eigenvalue weighted by Crippen LogP contribution is -2.19. The summed E-state index contributed by atoms with van der Waals surface area (Å²) < 4.78 is 22.0. The Morgan fingerprint density at radius 2 is 1.62 bits per heavy atom. The van der Waals surface area contributed by atoms with E-state index in [9.17, 15) is 0 Å². The van der Waals surface area contributed by atoms with Crippen LogP contribution in [-0.4, -0.2) is 38.5 Å². The van der Waals surface area contributed by atoms with Gasteiger partial charge >= 0.3 is 0 Å². The number of ether oxygens (including phenoxy) is 4. The molecule has 1 fully saturated rings. The molecule has 4 nitrogen and oxygen atoms in total. The fourth-order valence-electron chi connectivity index (χ4n) is 2.92. The third kappa shape index (κ3) is 12.0. The molecule has 0 aliphatic carbocycles. The normalized spacial score (nSPS) is 18.5. The highest BCUT2D eigenvalue weighted by Gasteiger charge is 2.14. The molecule has 142 valence electrons. The van der Waals surface area contributed by atoms with Gasteiger partial charge in [0.1, 0.15) is 0 Å². The molecule has 0 saturated carbocycles. The average molecular weight is 343 g/mol. The van der Waals surface area contributed by atoms with Gasteiger partial charge in [-0.2, -0.15) is 0 Å². The lowest BCUT2D eigenvalue weighted by molar-refractivity contribution is -0.151. The molecule has 1 aliphatic rings. The first-order valence-corrected chi connectivity index (χ1v) is 9.87. The van der Waals surface area contributed by atoms with Crippen molar-refractivity contribution in [1.29, 1.82) is 0 Å². The van der Waals surface area contributed by atoms with E-state index in [4.69, 9.17) is 18.9 Å². The first-order chi connectivity index (χ1) is 11.7. The first kappa shape index (κ1) is 21.6. The fourth-order valence-corrected chi connectivity index (χ4v) is 2.92. The highest BCUT2D eigenvalue weighted by atomic mass is 16.7. The minimum atomic E-state index is -0.106. The van der Waals surface area contributed by atoms with Crippen LogP contribution in [0.2, 0.25) is 0 Å². The van der Waals surface area contributed by atoms with Crippen molar-refractivity contribution in [2.24, 2.45) is 0 Å². The summed E-state index contributed by atoms with van der Waals surface area (Å²) in [5, 5.41) is 0. The minimum absolute atomic E-state index is 0.0815. The fraction of sp³-hybridized carbons (Fsp3) is 0.900. The third-order valence-corrected chi connectivity index (χ3v) is 4.21. The number of hydrogen-bond donors (Lipinski definition) is 0. The molecule has 0 spiro atoms. The predicted octanol–water partition coefficient (Wildman–Crippen LogP) is 5.21. The molecular weight excluding hydrogens is 304 g/mol. The van der Waals surface area contributed by atoms with Gasteiger partial charge in [-0.05, 0) is 52.9 Å². The SMILES string of the molecule is CCOC(C)O[C@H](C)C/C=C\CCCCCCCCC1OCCO1. The van der Waals surface area contributed by atoms with Gasteiger partial charge in [0.15, 0.2) is 12.6 Å². The van der Waals surface area contributed by atoms with Crippen molar-refractivity contribution in [3.05, 3.63) is 12.2 Å². The third-order valence-electron chi connectivity index (χ3n) is 4.21. The van der Waals surface area contributed by atoms with E-state index in [1.165, 1.54) is 44.9 Å². The Bertz CT molecular complexity index is 300. The van der Waals surface area contributed by atoms with Crippen LogP contribution in [0, 0.1) is 0 Å². The highest BCUT2D eigenvalue weighted by Crippen LogP contribution is 2.14. The number of unbranched alkanes of at least 4 members (excludes halogenated alkanes) is 6. The van der Waals surface area contributed by atoms with Crippen LogP contribution < -0.4 is 0 Å². The van der Waals surface area contributed by atoms with Crippen LogP contribution in [-0.2, 0) is 18.9 Å². The molecular formula is C20H38O4. The van der Waals surface area contributed by atoms with Crippen molar-refractivity contribution in [3.8, 4) is 0 Å². The topological polar surface area (TPSA) is 36.9 Å². The van der Waals surface area contributed by atoms with Gasteiger partial charge in [0.05, 0.1) is 19.3 Å². The summed E-state index contributed by atoms with van der Waals surface area (Å²) in [6.07, 6.45) is 15.7. The van der Waals surface area contributed by atoms with E-state index in [2.05, 4.69) is 19.1 Å². The average Bonchev–Trinajstić information content (AvgIpc) is 3.06. The van der Waals surface area contributed by atoms with E-state index in [0.29, 0.717) is 6.61 Å². The predicted molar refractivity (Wildman–Crippen MR) is 98.0 cm³/mol. The van der Waals surface area contributed by atoms with Gasteiger partial charge < -0.3 is 18.9 Å². The molecule has 0 aromatic carbocycles. The number of allylic oxidation sites excluding steroid dienone is 1. The lowest BCUT2D eigenvalue weighted by Gasteiger charge is -2.17. The van der Waals surface area contributed by atoms with Crippen LogP contribution >= 0.6 is 0 Å². The summed E-state index contributed by atoms with van der Waals surface area (Å²) in [5.41, 5.74) is 0. The largest absolute Gasteiger partial charge is 0.353 e. The van der Waals surface area contributed by atoms with Gasteiger partial charge in [0, 0.05) is 6.61 Å². The first-order valence-electron chi connectivity index (χ1n) is 9.87. The quantitative estimate of drug-likeness (QED) is 0.232. The van der Waals surface area contributed by atoms with Crippen molar-refractivity contribution in [1.82, 2.24) is 0 Å². The summed E-state index contributed by atoms with van der Waals surface area (Å²) >= 11 is 0. The van der Waals surface area contributed by atoms with Gasteiger partial charge in [-0.25, -0.2) is 0 Å². The Kier molecular flexibility index (Phi) is 13.4. The van der Waals surface area contributed by atoms with Crippen LogP contribution in [0.3, 0.4) is 0 Å². The second-order valence-corrected chi connectivity index (χ2v) is 6.55. The molecule has 2 atom stereocenters. The molecule has 1 unspecified atom stereocenters. The summed E-state index contributed by atoms with van der Waals surface area (Å²) in [6, 6.07) is 0. The zero-order valence-corrected chi connectivity index (χ0v) is 16.0. The maximum Gasteiger partial charge on any atom is 0.157 e. The molecule has 1 aliphatic heterocycles. The Labute approximate surface area is 148 Å². The van der Waals surface area contributed by atoms with Crippen LogP contribution in [0.5, 0.6) is 0 Å². The second-order valence-electron chi connectivity index (χ2n) is 6.55. The zero-order chi connectivity index (χ0) is 17.5. The van der Waals surface area contributed by atoms with E-state index in [0.717, 1.165) is 26.1 Å². The van der Waals surface area contributed by atoms with Gasteiger partial charge in [-0.1, -0.05) is 37.8 Å². The van der Waals surface area contributed by atoms with Gasteiger partial charge in [0.25, 0.3) is 0 Å². The van der Waals surface area contributed by atoms with E-state index < -0.39 is 0 Å². The van der Waals surface area contributed by atoms with Crippen LogP contribution in [0.1, 0.15) is 78.6 Å². The lowest BCUT2D eigenvalue weighted by atomic mass is 10.1. The van der Waals surface area contributed by atoms with Crippen molar-refractivity contribution >= 4 is 0 Å². The molecule has 0 bridgehead atoms. The molecule has 0 radical (unpaired) electrons. The summed E-state index contributed by atoms with van der Waals surface area (Å²) in [7, 11) is 0. The molecule has 1 heterocycles. The molecule has 1 rings (SSSR count). The maximum absolute atomic E-state index is 5.72. The monoisotopic (exact) mass is 342 g/mol. The van der Waals surface area contributed by atoms with Gasteiger partial charge in [0.2, 0.25) is 0 Å². The van der Waals surface area contributed by atoms with E-state index >= 15 is 0 Å². The van der Waals surface area contributed by atoms with Crippen molar-refractivity contribution in [3.63, 3.8) is 0 Å². The summed E-state index contributed by atoms with van der Waals surface area (Å²) in [4.78, 5) is 0. The van der Waals surface area contributed by atoms with Crippen LogP contribution in [0.25, 0.3) is 0 Å². The Balaban J connectivity index is 1.82. The summed E-state index contributed by atoms with van der Waals surface area (Å²) in [5.74, 6) is 0. The van der Waals surface area contributed by atoms with Crippen LogP contribution in [0.15, 0.2) is 12.2 Å². The second kappa shape index (κ2) is 14.9. The molecule has 0 amide bonds. The summed E-state index contributed by atoms with van der Waals surface area (Å²) in [6.45, 7) is 8.29. The highest BCUT2D eigenvalue weighted by molar-refractivity contribution is 4.83.